The Kier molecular flexibility index (Phi) is 7.55. The molecule has 1 heterocycles. The maximum atomic E-state index is 12.5. The van der Waals surface area contributed by atoms with Crippen LogP contribution >= 0.6 is 23.4 Å². The fourth-order valence-corrected chi connectivity index (χ4v) is 4.36. The number of thioether (sulfide) groups is 1. The molecule has 0 fully saturated rings. The Balaban J connectivity index is 1.53. The zero-order chi connectivity index (χ0) is 24.1. The summed E-state index contributed by atoms with van der Waals surface area (Å²) in [5.41, 5.74) is 4.89. The van der Waals surface area contributed by atoms with Gasteiger partial charge >= 0.3 is 0 Å². The van der Waals surface area contributed by atoms with Gasteiger partial charge in [-0.2, -0.15) is 0 Å². The molecule has 0 spiro atoms. The van der Waals surface area contributed by atoms with Crippen LogP contribution in [0.5, 0.6) is 5.75 Å². The number of hydrogen-bond acceptors (Lipinski definition) is 5. The molecule has 4 rings (SSSR count). The molecule has 34 heavy (non-hydrogen) atoms. The van der Waals surface area contributed by atoms with Crippen molar-refractivity contribution in [2.75, 3.05) is 11.1 Å². The number of para-hydroxylation sites is 1. The molecule has 174 valence electrons. The van der Waals surface area contributed by atoms with Gasteiger partial charge in [0.15, 0.2) is 11.0 Å². The number of amides is 1. The van der Waals surface area contributed by atoms with Crippen molar-refractivity contribution >= 4 is 35.0 Å². The van der Waals surface area contributed by atoms with Gasteiger partial charge in [0.25, 0.3) is 0 Å². The summed E-state index contributed by atoms with van der Waals surface area (Å²) in [4.78, 5) is 12.5. The van der Waals surface area contributed by atoms with E-state index in [0.717, 1.165) is 28.1 Å². The molecule has 3 aromatic carbocycles. The standard InChI is InChI=1S/C26H25ClN4O2S/c1-17-7-13-22(14-8-17)31-23(15-33-25-18(2)5-4-6-19(25)3)29-30-26(31)34-16-24(32)28-21-11-9-20(27)10-12-21/h4-14H,15-16H2,1-3H3,(H,28,32). The highest BCUT2D eigenvalue weighted by molar-refractivity contribution is 7.99. The Morgan fingerprint density at radius 2 is 1.65 bits per heavy atom. The number of halogens is 1. The first kappa shape index (κ1) is 23.9. The first-order valence-electron chi connectivity index (χ1n) is 10.8. The second-order valence-corrected chi connectivity index (χ2v) is 9.30. The summed E-state index contributed by atoms with van der Waals surface area (Å²) >= 11 is 7.24. The van der Waals surface area contributed by atoms with Crippen molar-refractivity contribution in [3.05, 3.63) is 94.3 Å². The molecule has 0 aliphatic heterocycles. The molecule has 0 atom stereocenters. The summed E-state index contributed by atoms with van der Waals surface area (Å²) in [5, 5.41) is 12.9. The van der Waals surface area contributed by atoms with Gasteiger partial charge in [-0.15, -0.1) is 10.2 Å². The van der Waals surface area contributed by atoms with Crippen LogP contribution in [0.25, 0.3) is 5.69 Å². The van der Waals surface area contributed by atoms with Crippen molar-refractivity contribution in [1.82, 2.24) is 14.8 Å². The molecular formula is C26H25ClN4O2S. The SMILES string of the molecule is Cc1ccc(-n2c(COc3c(C)cccc3C)nnc2SCC(=O)Nc2ccc(Cl)cc2)cc1. The number of aromatic nitrogens is 3. The molecule has 0 bridgehead atoms. The summed E-state index contributed by atoms with van der Waals surface area (Å²) in [6.07, 6.45) is 0. The molecule has 0 saturated carbocycles. The normalized spacial score (nSPS) is 10.8. The van der Waals surface area contributed by atoms with Gasteiger partial charge in [0.2, 0.25) is 5.91 Å². The summed E-state index contributed by atoms with van der Waals surface area (Å²) in [6, 6.07) is 21.2. The molecule has 0 aliphatic carbocycles. The third-order valence-corrected chi connectivity index (χ3v) is 6.39. The molecule has 1 amide bonds. The van der Waals surface area contributed by atoms with E-state index in [2.05, 4.69) is 15.5 Å². The van der Waals surface area contributed by atoms with Crippen LogP contribution in [0.2, 0.25) is 5.02 Å². The third-order valence-electron chi connectivity index (χ3n) is 5.21. The Morgan fingerprint density at radius 3 is 2.32 bits per heavy atom. The minimum absolute atomic E-state index is 0.140. The topological polar surface area (TPSA) is 69.0 Å². The Labute approximate surface area is 208 Å². The van der Waals surface area contributed by atoms with Crippen LogP contribution in [-0.2, 0) is 11.4 Å². The van der Waals surface area contributed by atoms with Crippen LogP contribution in [0.15, 0.2) is 71.9 Å². The van der Waals surface area contributed by atoms with E-state index in [1.165, 1.54) is 11.8 Å². The van der Waals surface area contributed by atoms with Crippen LogP contribution < -0.4 is 10.1 Å². The second-order valence-electron chi connectivity index (χ2n) is 7.92. The molecule has 0 saturated heterocycles. The number of nitrogens with one attached hydrogen (secondary N) is 1. The highest BCUT2D eigenvalue weighted by atomic mass is 35.5. The van der Waals surface area contributed by atoms with Gasteiger partial charge in [-0.1, -0.05) is 59.3 Å². The van der Waals surface area contributed by atoms with Crippen LogP contribution in [0, 0.1) is 20.8 Å². The van der Waals surface area contributed by atoms with Crippen LogP contribution in [0.3, 0.4) is 0 Å². The summed E-state index contributed by atoms with van der Waals surface area (Å²) in [5.74, 6) is 1.55. The van der Waals surface area contributed by atoms with E-state index in [1.807, 2.05) is 67.8 Å². The number of anilines is 1. The molecule has 0 unspecified atom stereocenters. The van der Waals surface area contributed by atoms with Gasteiger partial charge in [-0.25, -0.2) is 0 Å². The lowest BCUT2D eigenvalue weighted by atomic mass is 10.1. The van der Waals surface area contributed by atoms with Gasteiger partial charge in [-0.05, 0) is 68.3 Å². The molecule has 4 aromatic rings. The highest BCUT2D eigenvalue weighted by Gasteiger charge is 2.17. The Morgan fingerprint density at radius 1 is 0.971 bits per heavy atom. The number of rotatable bonds is 8. The number of carbonyl (C=O) groups is 1. The molecule has 1 aromatic heterocycles. The average Bonchev–Trinajstić information content (AvgIpc) is 3.22. The zero-order valence-corrected chi connectivity index (χ0v) is 20.8. The first-order chi connectivity index (χ1) is 16.4. The summed E-state index contributed by atoms with van der Waals surface area (Å²) in [6.45, 7) is 6.34. The molecule has 0 aliphatic rings. The van der Waals surface area contributed by atoms with E-state index in [0.29, 0.717) is 21.7 Å². The third kappa shape index (κ3) is 5.79. The van der Waals surface area contributed by atoms with E-state index >= 15 is 0 Å². The lowest BCUT2D eigenvalue weighted by Crippen LogP contribution is -2.14. The highest BCUT2D eigenvalue weighted by Crippen LogP contribution is 2.26. The van der Waals surface area contributed by atoms with Crippen molar-refractivity contribution in [2.24, 2.45) is 0 Å². The number of nitrogens with zero attached hydrogens (tertiary/aromatic N) is 3. The molecule has 1 N–H and O–H groups in total. The minimum Gasteiger partial charge on any atom is -0.485 e. The summed E-state index contributed by atoms with van der Waals surface area (Å²) in [7, 11) is 0. The van der Waals surface area contributed by atoms with E-state index in [1.54, 1.807) is 24.3 Å². The van der Waals surface area contributed by atoms with Crippen LogP contribution in [0.1, 0.15) is 22.5 Å². The predicted molar refractivity (Wildman–Crippen MR) is 137 cm³/mol. The van der Waals surface area contributed by atoms with Gasteiger partial charge < -0.3 is 10.1 Å². The number of aryl methyl sites for hydroxylation is 3. The number of hydrogen-bond donors (Lipinski definition) is 1. The molecular weight excluding hydrogens is 468 g/mol. The van der Waals surface area contributed by atoms with Crippen LogP contribution in [-0.4, -0.2) is 26.4 Å². The fraction of sp³-hybridized carbons (Fsp3) is 0.192. The zero-order valence-electron chi connectivity index (χ0n) is 19.2. The minimum atomic E-state index is -0.140. The smallest absolute Gasteiger partial charge is 0.234 e. The number of benzene rings is 3. The van der Waals surface area contributed by atoms with Gasteiger partial charge in [0.1, 0.15) is 12.4 Å². The monoisotopic (exact) mass is 492 g/mol. The van der Waals surface area contributed by atoms with E-state index < -0.39 is 0 Å². The maximum Gasteiger partial charge on any atom is 0.234 e. The van der Waals surface area contributed by atoms with Crippen molar-refractivity contribution in [3.63, 3.8) is 0 Å². The Hall–Kier alpha value is -3.29. The predicted octanol–water partition coefficient (Wildman–Crippen LogP) is 6.16. The van der Waals surface area contributed by atoms with Gasteiger partial charge in [0, 0.05) is 16.4 Å². The maximum absolute atomic E-state index is 12.5. The fourth-order valence-electron chi connectivity index (χ4n) is 3.46. The van der Waals surface area contributed by atoms with Crippen molar-refractivity contribution < 1.29 is 9.53 Å². The van der Waals surface area contributed by atoms with Gasteiger partial charge in [-0.3, -0.25) is 9.36 Å². The number of ether oxygens (including phenoxy) is 1. The van der Waals surface area contributed by atoms with Gasteiger partial charge in [0.05, 0.1) is 5.75 Å². The van der Waals surface area contributed by atoms with E-state index in [9.17, 15) is 4.79 Å². The van der Waals surface area contributed by atoms with E-state index in [4.69, 9.17) is 16.3 Å². The van der Waals surface area contributed by atoms with Crippen molar-refractivity contribution in [1.29, 1.82) is 0 Å². The lowest BCUT2D eigenvalue weighted by Gasteiger charge is -2.14. The largest absolute Gasteiger partial charge is 0.485 e. The summed E-state index contributed by atoms with van der Waals surface area (Å²) < 4.78 is 8.08. The molecule has 8 heteroatoms. The van der Waals surface area contributed by atoms with E-state index in [-0.39, 0.29) is 18.3 Å². The second kappa shape index (κ2) is 10.8. The first-order valence-corrected chi connectivity index (χ1v) is 12.2. The average molecular weight is 493 g/mol. The lowest BCUT2D eigenvalue weighted by molar-refractivity contribution is -0.113. The molecule has 6 nitrogen and oxygen atoms in total. The van der Waals surface area contributed by atoms with Crippen molar-refractivity contribution in [2.45, 2.75) is 32.5 Å². The quantitative estimate of drug-likeness (QED) is 0.298. The number of carbonyl (C=O) groups excluding carboxylic acids is 1. The van der Waals surface area contributed by atoms with Crippen molar-refractivity contribution in [3.8, 4) is 11.4 Å². The Bertz CT molecular complexity index is 1270. The molecule has 0 radical (unpaired) electrons. The van der Waals surface area contributed by atoms with Crippen LogP contribution in [0.4, 0.5) is 5.69 Å².